The fraction of sp³-hybridized carbons (Fsp3) is 0.333. The largest absolute Gasteiger partial charge is 0.314 e. The van der Waals surface area contributed by atoms with Crippen molar-refractivity contribution in [3.63, 3.8) is 0 Å². The van der Waals surface area contributed by atoms with Gasteiger partial charge in [0.1, 0.15) is 0 Å². The van der Waals surface area contributed by atoms with Crippen molar-refractivity contribution in [1.82, 2.24) is 10.2 Å². The average molecular weight is 339 g/mol. The maximum Gasteiger partial charge on any atom is 0.0476 e. The van der Waals surface area contributed by atoms with Crippen molar-refractivity contribution >= 4 is 24.8 Å². The first-order chi connectivity index (χ1) is 9.84. The van der Waals surface area contributed by atoms with E-state index in [1.54, 1.807) is 0 Å². The van der Waals surface area contributed by atoms with Crippen LogP contribution in [-0.2, 0) is 6.54 Å². The van der Waals surface area contributed by atoms with Crippen LogP contribution in [0, 0.1) is 6.92 Å². The number of hydrogen-bond acceptors (Lipinski definition) is 2. The van der Waals surface area contributed by atoms with E-state index in [4.69, 9.17) is 0 Å². The zero-order valence-electron chi connectivity index (χ0n) is 12.9. The molecule has 4 heteroatoms. The quantitative estimate of drug-likeness (QED) is 0.910. The normalized spacial score (nSPS) is 18.1. The van der Waals surface area contributed by atoms with Gasteiger partial charge in [0.25, 0.3) is 0 Å². The Balaban J connectivity index is 0.00000121. The van der Waals surface area contributed by atoms with Crippen LogP contribution in [0.2, 0.25) is 0 Å². The molecule has 0 radical (unpaired) electrons. The smallest absolute Gasteiger partial charge is 0.0476 e. The third kappa shape index (κ3) is 4.47. The fourth-order valence-electron chi connectivity index (χ4n) is 2.95. The van der Waals surface area contributed by atoms with Gasteiger partial charge in [-0.3, -0.25) is 4.90 Å². The predicted molar refractivity (Wildman–Crippen MR) is 98.1 cm³/mol. The lowest BCUT2D eigenvalue weighted by Crippen LogP contribution is -2.45. The second-order valence-corrected chi connectivity index (χ2v) is 5.53. The summed E-state index contributed by atoms with van der Waals surface area (Å²) < 4.78 is 0. The summed E-state index contributed by atoms with van der Waals surface area (Å²) in [5, 5.41) is 3.52. The first-order valence-electron chi connectivity index (χ1n) is 7.39. The molecule has 2 aromatic rings. The molecule has 2 nitrogen and oxygen atoms in total. The highest BCUT2D eigenvalue weighted by atomic mass is 35.5. The van der Waals surface area contributed by atoms with Gasteiger partial charge in [-0.2, -0.15) is 0 Å². The Hall–Kier alpha value is -1.06. The first-order valence-corrected chi connectivity index (χ1v) is 7.39. The topological polar surface area (TPSA) is 15.3 Å². The standard InChI is InChI=1S/C18H22N2.2ClH/c1-15-7-5-6-10-17(15)14-20-12-11-19-13-18(20)16-8-3-2-4-9-16;;/h2-10,18-19H,11-14H2,1H3;2*1H. The van der Waals surface area contributed by atoms with Gasteiger partial charge in [-0.05, 0) is 23.6 Å². The summed E-state index contributed by atoms with van der Waals surface area (Å²) >= 11 is 0. The maximum absolute atomic E-state index is 3.52. The maximum atomic E-state index is 3.52. The lowest BCUT2D eigenvalue weighted by atomic mass is 10.0. The van der Waals surface area contributed by atoms with Crippen LogP contribution in [0.3, 0.4) is 0 Å². The van der Waals surface area contributed by atoms with E-state index >= 15 is 0 Å². The van der Waals surface area contributed by atoms with E-state index in [0.29, 0.717) is 6.04 Å². The highest BCUT2D eigenvalue weighted by Crippen LogP contribution is 2.24. The molecule has 1 fully saturated rings. The predicted octanol–water partition coefficient (Wildman–Crippen LogP) is 3.99. The zero-order chi connectivity index (χ0) is 13.8. The van der Waals surface area contributed by atoms with Gasteiger partial charge in [0, 0.05) is 32.2 Å². The summed E-state index contributed by atoms with van der Waals surface area (Å²) in [6.45, 7) is 6.46. The molecule has 0 spiro atoms. The van der Waals surface area contributed by atoms with E-state index in [9.17, 15) is 0 Å². The van der Waals surface area contributed by atoms with Crippen LogP contribution in [0.5, 0.6) is 0 Å². The summed E-state index contributed by atoms with van der Waals surface area (Å²) in [7, 11) is 0. The van der Waals surface area contributed by atoms with Crippen molar-refractivity contribution in [2.45, 2.75) is 19.5 Å². The number of nitrogens with one attached hydrogen (secondary N) is 1. The molecule has 1 atom stereocenters. The van der Waals surface area contributed by atoms with E-state index in [2.05, 4.69) is 71.7 Å². The minimum Gasteiger partial charge on any atom is -0.314 e. The van der Waals surface area contributed by atoms with Crippen molar-refractivity contribution in [1.29, 1.82) is 0 Å². The number of piperazine rings is 1. The number of benzene rings is 2. The molecule has 1 unspecified atom stereocenters. The van der Waals surface area contributed by atoms with Crippen LogP contribution in [0.1, 0.15) is 22.7 Å². The summed E-state index contributed by atoms with van der Waals surface area (Å²) in [4.78, 5) is 2.59. The van der Waals surface area contributed by atoms with Crippen molar-refractivity contribution in [3.8, 4) is 0 Å². The minimum atomic E-state index is 0. The molecule has 0 aliphatic carbocycles. The summed E-state index contributed by atoms with van der Waals surface area (Å²) in [6.07, 6.45) is 0. The minimum absolute atomic E-state index is 0. The Morgan fingerprint density at radius 3 is 2.41 bits per heavy atom. The van der Waals surface area contributed by atoms with Gasteiger partial charge in [-0.15, -0.1) is 24.8 Å². The number of aryl methyl sites for hydroxylation is 1. The lowest BCUT2D eigenvalue weighted by molar-refractivity contribution is 0.153. The van der Waals surface area contributed by atoms with Crippen LogP contribution in [0.15, 0.2) is 54.6 Å². The third-order valence-electron chi connectivity index (χ3n) is 4.17. The van der Waals surface area contributed by atoms with E-state index in [1.807, 2.05) is 0 Å². The van der Waals surface area contributed by atoms with Gasteiger partial charge >= 0.3 is 0 Å². The van der Waals surface area contributed by atoms with Crippen LogP contribution < -0.4 is 5.32 Å². The molecular formula is C18H24Cl2N2. The van der Waals surface area contributed by atoms with Gasteiger partial charge in [0.05, 0.1) is 0 Å². The van der Waals surface area contributed by atoms with E-state index in [0.717, 1.165) is 26.2 Å². The Labute approximate surface area is 145 Å². The van der Waals surface area contributed by atoms with Crippen molar-refractivity contribution < 1.29 is 0 Å². The monoisotopic (exact) mass is 338 g/mol. The molecular weight excluding hydrogens is 315 g/mol. The molecule has 2 aromatic carbocycles. The van der Waals surface area contributed by atoms with Crippen molar-refractivity contribution in [3.05, 3.63) is 71.3 Å². The van der Waals surface area contributed by atoms with Gasteiger partial charge < -0.3 is 5.32 Å². The van der Waals surface area contributed by atoms with Crippen LogP contribution >= 0.6 is 24.8 Å². The molecule has 1 heterocycles. The molecule has 1 aliphatic heterocycles. The van der Waals surface area contributed by atoms with Crippen molar-refractivity contribution in [2.75, 3.05) is 19.6 Å². The average Bonchev–Trinajstić information content (AvgIpc) is 2.51. The van der Waals surface area contributed by atoms with E-state index in [-0.39, 0.29) is 24.8 Å². The molecule has 0 aromatic heterocycles. The molecule has 120 valence electrons. The van der Waals surface area contributed by atoms with Crippen LogP contribution in [-0.4, -0.2) is 24.5 Å². The van der Waals surface area contributed by atoms with Crippen molar-refractivity contribution in [2.24, 2.45) is 0 Å². The van der Waals surface area contributed by atoms with Gasteiger partial charge in [0.15, 0.2) is 0 Å². The first kappa shape index (κ1) is 19.0. The molecule has 1 saturated heterocycles. The van der Waals surface area contributed by atoms with E-state index < -0.39 is 0 Å². The zero-order valence-corrected chi connectivity index (χ0v) is 14.5. The third-order valence-corrected chi connectivity index (χ3v) is 4.17. The summed E-state index contributed by atoms with van der Waals surface area (Å²) in [5.41, 5.74) is 4.24. The molecule has 0 bridgehead atoms. The van der Waals surface area contributed by atoms with Gasteiger partial charge in [-0.25, -0.2) is 0 Å². The number of halogens is 2. The molecule has 3 rings (SSSR count). The molecule has 0 saturated carbocycles. The van der Waals surface area contributed by atoms with Crippen LogP contribution in [0.25, 0.3) is 0 Å². The van der Waals surface area contributed by atoms with E-state index in [1.165, 1.54) is 16.7 Å². The number of hydrogen-bond donors (Lipinski definition) is 1. The second-order valence-electron chi connectivity index (χ2n) is 5.53. The van der Waals surface area contributed by atoms with Crippen LogP contribution in [0.4, 0.5) is 0 Å². The molecule has 0 amide bonds. The Bertz CT molecular complexity index is 560. The fourth-order valence-corrected chi connectivity index (χ4v) is 2.95. The highest BCUT2D eigenvalue weighted by Gasteiger charge is 2.23. The summed E-state index contributed by atoms with van der Waals surface area (Å²) in [5.74, 6) is 0. The Kier molecular flexibility index (Phi) is 7.91. The highest BCUT2D eigenvalue weighted by molar-refractivity contribution is 5.85. The molecule has 22 heavy (non-hydrogen) atoms. The SMILES string of the molecule is Cc1ccccc1CN1CCNCC1c1ccccc1.Cl.Cl. The number of rotatable bonds is 3. The lowest BCUT2D eigenvalue weighted by Gasteiger charge is -2.36. The Morgan fingerprint density at radius 2 is 1.68 bits per heavy atom. The summed E-state index contributed by atoms with van der Waals surface area (Å²) in [6, 6.07) is 20.0. The molecule has 1 aliphatic rings. The second kappa shape index (κ2) is 9.16. The number of nitrogens with zero attached hydrogens (tertiary/aromatic N) is 1. The van der Waals surface area contributed by atoms with Gasteiger partial charge in [0.2, 0.25) is 0 Å². The van der Waals surface area contributed by atoms with Gasteiger partial charge in [-0.1, -0.05) is 54.6 Å². The molecule has 1 N–H and O–H groups in total. The Morgan fingerprint density at radius 1 is 1.00 bits per heavy atom.